The van der Waals surface area contributed by atoms with Gasteiger partial charge in [0.1, 0.15) is 34.0 Å². The van der Waals surface area contributed by atoms with Gasteiger partial charge >= 0.3 is 11.9 Å². The predicted octanol–water partition coefficient (Wildman–Crippen LogP) is 3.48. The number of carboxylic acids is 1. The molecule has 10 heteroatoms. The number of carboxylic acid groups (broad SMARTS) is 1. The first-order chi connectivity index (χ1) is 17.2. The van der Waals surface area contributed by atoms with Gasteiger partial charge in [0, 0.05) is 34.7 Å². The number of hydrogen-bond donors (Lipinski definition) is 4. The predicted molar refractivity (Wildman–Crippen MR) is 125 cm³/mol. The summed E-state index contributed by atoms with van der Waals surface area (Å²) in [5.41, 5.74) is 0.376. The van der Waals surface area contributed by atoms with E-state index in [1.165, 1.54) is 18.2 Å². The first-order valence-electron chi connectivity index (χ1n) is 10.7. The van der Waals surface area contributed by atoms with Crippen molar-refractivity contribution < 1.29 is 43.9 Å². The second-order valence-electron chi connectivity index (χ2n) is 8.14. The fourth-order valence-electron chi connectivity index (χ4n) is 4.28. The number of hydrogen-bond acceptors (Lipinski definition) is 9. The highest BCUT2D eigenvalue weighted by Gasteiger charge is 2.35. The standard InChI is InChI=1S/C26H18O10/c27-15-6-5-12(7-16(15)28)20-9-17(29)25-18(30)10-21-24(26(25)36-20)14(8-23(33)35-21)13-3-1-2-4-19(13)34-11-22(31)32/h1-7,9-10,14,27-28,30H,8,11H2,(H,31,32). The van der Waals surface area contributed by atoms with Crippen LogP contribution in [-0.2, 0) is 9.59 Å². The number of phenols is 3. The summed E-state index contributed by atoms with van der Waals surface area (Å²) in [5, 5.41) is 39.0. The number of para-hydroxylation sites is 1. The van der Waals surface area contributed by atoms with Crippen molar-refractivity contribution in [3.63, 3.8) is 0 Å². The normalized spacial score (nSPS) is 14.8. The van der Waals surface area contributed by atoms with E-state index in [0.29, 0.717) is 5.56 Å². The second-order valence-corrected chi connectivity index (χ2v) is 8.14. The molecule has 4 aromatic rings. The lowest BCUT2D eigenvalue weighted by molar-refractivity contribution is -0.139. The number of carbonyl (C=O) groups is 2. The molecule has 1 aromatic heterocycles. The van der Waals surface area contributed by atoms with Gasteiger partial charge in [-0.05, 0) is 24.3 Å². The molecule has 1 atom stereocenters. The largest absolute Gasteiger partial charge is 0.507 e. The number of ether oxygens (including phenoxy) is 2. The lowest BCUT2D eigenvalue weighted by atomic mass is 9.84. The number of carbonyl (C=O) groups excluding carboxylic acids is 1. The molecule has 5 rings (SSSR count). The molecule has 0 bridgehead atoms. The van der Waals surface area contributed by atoms with Crippen molar-refractivity contribution in [3.8, 4) is 40.1 Å². The summed E-state index contributed by atoms with van der Waals surface area (Å²) in [6.45, 7) is -0.610. The number of phenolic OH excluding ortho intramolecular Hbond substituents is 3. The molecule has 4 N–H and O–H groups in total. The van der Waals surface area contributed by atoms with Crippen LogP contribution < -0.4 is 14.9 Å². The maximum absolute atomic E-state index is 13.1. The van der Waals surface area contributed by atoms with E-state index in [1.54, 1.807) is 24.3 Å². The van der Waals surface area contributed by atoms with Gasteiger partial charge in [0.05, 0.1) is 6.42 Å². The molecule has 1 aliphatic rings. The zero-order chi connectivity index (χ0) is 25.6. The summed E-state index contributed by atoms with van der Waals surface area (Å²) in [4.78, 5) is 36.6. The molecule has 0 radical (unpaired) electrons. The van der Waals surface area contributed by atoms with E-state index in [0.717, 1.165) is 12.1 Å². The molecular formula is C26H18O10. The maximum Gasteiger partial charge on any atom is 0.341 e. The van der Waals surface area contributed by atoms with E-state index in [9.17, 15) is 29.7 Å². The van der Waals surface area contributed by atoms with Gasteiger partial charge in [-0.25, -0.2) is 4.79 Å². The second kappa shape index (κ2) is 8.66. The van der Waals surface area contributed by atoms with Crippen molar-refractivity contribution in [2.45, 2.75) is 12.3 Å². The Bertz CT molecular complexity index is 1600. The summed E-state index contributed by atoms with van der Waals surface area (Å²) < 4.78 is 16.8. The van der Waals surface area contributed by atoms with E-state index in [2.05, 4.69) is 0 Å². The number of aliphatic carboxylic acids is 1. The van der Waals surface area contributed by atoms with Crippen LogP contribution >= 0.6 is 0 Å². The highest BCUT2D eigenvalue weighted by molar-refractivity contribution is 5.93. The first-order valence-corrected chi connectivity index (χ1v) is 10.7. The van der Waals surface area contributed by atoms with Crippen LogP contribution in [-0.4, -0.2) is 39.0 Å². The fraction of sp³-hybridized carbons (Fsp3) is 0.115. The van der Waals surface area contributed by atoms with Crippen LogP contribution in [0.4, 0.5) is 0 Å². The Morgan fingerprint density at radius 1 is 0.972 bits per heavy atom. The first kappa shape index (κ1) is 22.8. The minimum Gasteiger partial charge on any atom is -0.507 e. The Morgan fingerprint density at radius 3 is 2.50 bits per heavy atom. The summed E-state index contributed by atoms with van der Waals surface area (Å²) in [6, 6.07) is 12.7. The van der Waals surface area contributed by atoms with Gasteiger partial charge in [0.15, 0.2) is 23.5 Å². The van der Waals surface area contributed by atoms with E-state index in [4.69, 9.17) is 19.0 Å². The Balaban J connectivity index is 1.77. The molecule has 3 aromatic carbocycles. The van der Waals surface area contributed by atoms with Gasteiger partial charge in [0.25, 0.3) is 0 Å². The Labute approximate surface area is 202 Å². The molecule has 36 heavy (non-hydrogen) atoms. The Hall–Kier alpha value is -4.99. The molecule has 0 aliphatic carbocycles. The van der Waals surface area contributed by atoms with Gasteiger partial charge in [-0.15, -0.1) is 0 Å². The quantitative estimate of drug-likeness (QED) is 0.185. The lowest BCUT2D eigenvalue weighted by Crippen LogP contribution is -2.22. The Morgan fingerprint density at radius 2 is 1.75 bits per heavy atom. The topological polar surface area (TPSA) is 164 Å². The minimum atomic E-state index is -1.18. The average Bonchev–Trinajstić information content (AvgIpc) is 2.83. The minimum absolute atomic E-state index is 0.0249. The summed E-state index contributed by atoms with van der Waals surface area (Å²) in [7, 11) is 0. The van der Waals surface area contributed by atoms with E-state index >= 15 is 0 Å². The Kier molecular flexibility index (Phi) is 5.48. The van der Waals surface area contributed by atoms with Crippen LogP contribution in [0.15, 0.2) is 63.8 Å². The fourth-order valence-corrected chi connectivity index (χ4v) is 4.28. The molecule has 10 nitrogen and oxygen atoms in total. The molecule has 2 heterocycles. The molecule has 0 saturated carbocycles. The van der Waals surface area contributed by atoms with Gasteiger partial charge in [-0.3, -0.25) is 9.59 Å². The third-order valence-electron chi connectivity index (χ3n) is 5.83. The van der Waals surface area contributed by atoms with Crippen LogP contribution in [0.5, 0.6) is 28.7 Å². The monoisotopic (exact) mass is 490 g/mol. The SMILES string of the molecule is O=C(O)COc1ccccc1C1CC(=O)Oc2cc(O)c3c(=O)cc(-c4ccc(O)c(O)c4)oc3c21. The molecule has 0 spiro atoms. The van der Waals surface area contributed by atoms with Crippen LogP contribution in [0.1, 0.15) is 23.5 Å². The van der Waals surface area contributed by atoms with Crippen molar-refractivity contribution in [2.24, 2.45) is 0 Å². The zero-order valence-corrected chi connectivity index (χ0v) is 18.4. The van der Waals surface area contributed by atoms with Crippen LogP contribution in [0.25, 0.3) is 22.3 Å². The van der Waals surface area contributed by atoms with E-state index in [-0.39, 0.29) is 51.5 Å². The number of benzene rings is 3. The third kappa shape index (κ3) is 3.94. The summed E-state index contributed by atoms with van der Waals surface area (Å²) in [5.74, 6) is -3.58. The van der Waals surface area contributed by atoms with Crippen molar-refractivity contribution in [2.75, 3.05) is 6.61 Å². The van der Waals surface area contributed by atoms with Crippen molar-refractivity contribution in [3.05, 3.63) is 75.9 Å². The molecule has 1 aliphatic heterocycles. The summed E-state index contributed by atoms with van der Waals surface area (Å²) >= 11 is 0. The van der Waals surface area contributed by atoms with Gasteiger partial charge in [-0.2, -0.15) is 0 Å². The molecule has 0 fully saturated rings. The molecule has 1 unspecified atom stereocenters. The third-order valence-corrected chi connectivity index (χ3v) is 5.83. The van der Waals surface area contributed by atoms with Gasteiger partial charge in [0.2, 0.25) is 0 Å². The van der Waals surface area contributed by atoms with Crippen LogP contribution in [0, 0.1) is 0 Å². The van der Waals surface area contributed by atoms with Gasteiger partial charge < -0.3 is 34.3 Å². The van der Waals surface area contributed by atoms with Crippen molar-refractivity contribution >= 4 is 22.9 Å². The highest BCUT2D eigenvalue weighted by Crippen LogP contribution is 2.47. The smallest absolute Gasteiger partial charge is 0.341 e. The van der Waals surface area contributed by atoms with E-state index in [1.807, 2.05) is 0 Å². The highest BCUT2D eigenvalue weighted by atomic mass is 16.5. The van der Waals surface area contributed by atoms with Crippen LogP contribution in [0.2, 0.25) is 0 Å². The zero-order valence-electron chi connectivity index (χ0n) is 18.4. The number of fused-ring (bicyclic) bond motifs is 3. The number of rotatable bonds is 5. The van der Waals surface area contributed by atoms with Crippen LogP contribution in [0.3, 0.4) is 0 Å². The average molecular weight is 490 g/mol. The molecule has 0 saturated heterocycles. The molecule has 0 amide bonds. The van der Waals surface area contributed by atoms with Crippen molar-refractivity contribution in [1.29, 1.82) is 0 Å². The van der Waals surface area contributed by atoms with Gasteiger partial charge in [-0.1, -0.05) is 18.2 Å². The summed E-state index contributed by atoms with van der Waals surface area (Å²) in [6.07, 6.45) is -0.172. The molecular weight excluding hydrogens is 472 g/mol. The van der Waals surface area contributed by atoms with E-state index < -0.39 is 41.4 Å². The van der Waals surface area contributed by atoms with Crippen molar-refractivity contribution in [1.82, 2.24) is 0 Å². The maximum atomic E-state index is 13.1. The lowest BCUT2D eigenvalue weighted by Gasteiger charge is -2.27. The number of aromatic hydroxyl groups is 3. The molecule has 182 valence electrons. The number of esters is 1.